The van der Waals surface area contributed by atoms with Crippen molar-refractivity contribution in [1.82, 2.24) is 19.1 Å². The number of hydrogen-bond acceptors (Lipinski definition) is 5. The van der Waals surface area contributed by atoms with Crippen molar-refractivity contribution in [2.75, 3.05) is 0 Å². The number of rotatable bonds is 6. The van der Waals surface area contributed by atoms with Crippen LogP contribution in [0.5, 0.6) is 0 Å². The number of thiophene rings is 1. The first-order valence-corrected chi connectivity index (χ1v) is 8.95. The summed E-state index contributed by atoms with van der Waals surface area (Å²) < 4.78 is 7.99. The molecule has 132 valence electrons. The summed E-state index contributed by atoms with van der Waals surface area (Å²) in [5.41, 5.74) is 0.184. The smallest absolute Gasteiger partial charge is 0.350 e. The second-order valence-electron chi connectivity index (χ2n) is 5.78. The van der Waals surface area contributed by atoms with E-state index in [1.165, 1.54) is 9.08 Å². The summed E-state index contributed by atoms with van der Waals surface area (Å²) in [6, 6.07) is 12.8. The van der Waals surface area contributed by atoms with Crippen LogP contribution in [0.15, 0.2) is 69.5 Å². The molecule has 0 radical (unpaired) electrons. The van der Waals surface area contributed by atoms with Gasteiger partial charge in [0.2, 0.25) is 5.91 Å². The molecule has 0 aliphatic rings. The first kappa shape index (κ1) is 16.3. The summed E-state index contributed by atoms with van der Waals surface area (Å²) in [5, 5.41) is 6.20. The van der Waals surface area contributed by atoms with Crippen molar-refractivity contribution in [2.45, 2.75) is 19.6 Å². The van der Waals surface area contributed by atoms with Gasteiger partial charge in [0, 0.05) is 11.1 Å². The average molecular weight is 368 g/mol. The standard InChI is InChI=1S/C18H16N4O3S/c23-17(13-22-18(24)21-8-2-1-7-16(21)19-22)20(11-14-5-3-9-25-14)12-15-6-4-10-26-15/h1-10H,11-13H2. The molecule has 0 spiro atoms. The van der Waals surface area contributed by atoms with Crippen LogP contribution in [0.3, 0.4) is 0 Å². The van der Waals surface area contributed by atoms with Crippen LogP contribution < -0.4 is 5.69 Å². The summed E-state index contributed by atoms with van der Waals surface area (Å²) in [5.74, 6) is 0.498. The molecule has 0 bridgehead atoms. The lowest BCUT2D eigenvalue weighted by molar-refractivity contribution is -0.133. The number of carbonyl (C=O) groups is 1. The van der Waals surface area contributed by atoms with Gasteiger partial charge in [0.05, 0.1) is 19.4 Å². The minimum absolute atomic E-state index is 0.118. The second-order valence-corrected chi connectivity index (χ2v) is 6.81. The molecule has 4 rings (SSSR count). The monoisotopic (exact) mass is 368 g/mol. The normalized spacial score (nSPS) is 11.1. The van der Waals surface area contributed by atoms with Crippen molar-refractivity contribution in [3.05, 3.63) is 81.4 Å². The number of pyridine rings is 1. The summed E-state index contributed by atoms with van der Waals surface area (Å²) in [6.45, 7) is 0.678. The van der Waals surface area contributed by atoms with E-state index in [2.05, 4.69) is 5.10 Å². The molecule has 4 heterocycles. The molecule has 8 heteroatoms. The molecule has 0 saturated heterocycles. The Kier molecular flexibility index (Phi) is 4.40. The summed E-state index contributed by atoms with van der Waals surface area (Å²) in [6.07, 6.45) is 3.22. The largest absolute Gasteiger partial charge is 0.467 e. The van der Waals surface area contributed by atoms with Crippen molar-refractivity contribution in [3.8, 4) is 0 Å². The topological polar surface area (TPSA) is 72.8 Å². The molecule has 0 aliphatic carbocycles. The van der Waals surface area contributed by atoms with Gasteiger partial charge in [0.25, 0.3) is 0 Å². The van der Waals surface area contributed by atoms with E-state index >= 15 is 0 Å². The number of furan rings is 1. The van der Waals surface area contributed by atoms with E-state index in [0.717, 1.165) is 4.88 Å². The van der Waals surface area contributed by atoms with E-state index in [1.54, 1.807) is 53.0 Å². The third kappa shape index (κ3) is 3.31. The zero-order chi connectivity index (χ0) is 17.9. The molecule has 7 nitrogen and oxygen atoms in total. The Morgan fingerprint density at radius 3 is 2.81 bits per heavy atom. The second kappa shape index (κ2) is 7.01. The van der Waals surface area contributed by atoms with Gasteiger partial charge in [-0.3, -0.25) is 9.20 Å². The molecule has 1 amide bonds. The third-order valence-electron chi connectivity index (χ3n) is 3.98. The Hall–Kier alpha value is -3.13. The predicted molar refractivity (Wildman–Crippen MR) is 96.7 cm³/mol. The number of nitrogens with zero attached hydrogens (tertiary/aromatic N) is 4. The average Bonchev–Trinajstić information content (AvgIpc) is 3.38. The highest BCUT2D eigenvalue weighted by Crippen LogP contribution is 2.15. The molecule has 4 aromatic rings. The van der Waals surface area contributed by atoms with Crippen LogP contribution in [0, 0.1) is 0 Å². The van der Waals surface area contributed by atoms with Crippen molar-refractivity contribution in [2.24, 2.45) is 0 Å². The van der Waals surface area contributed by atoms with Crippen LogP contribution in [-0.2, 0) is 24.4 Å². The molecular weight excluding hydrogens is 352 g/mol. The van der Waals surface area contributed by atoms with Gasteiger partial charge < -0.3 is 9.32 Å². The number of fused-ring (bicyclic) bond motifs is 1. The fraction of sp³-hybridized carbons (Fsp3) is 0.167. The summed E-state index contributed by atoms with van der Waals surface area (Å²) in [7, 11) is 0. The molecule has 0 unspecified atom stereocenters. The van der Waals surface area contributed by atoms with Crippen LogP contribution in [0.4, 0.5) is 0 Å². The highest BCUT2D eigenvalue weighted by molar-refractivity contribution is 7.09. The van der Waals surface area contributed by atoms with E-state index in [-0.39, 0.29) is 18.1 Å². The lowest BCUT2D eigenvalue weighted by Gasteiger charge is -2.20. The van der Waals surface area contributed by atoms with E-state index in [4.69, 9.17) is 4.42 Å². The third-order valence-corrected chi connectivity index (χ3v) is 4.84. The predicted octanol–water partition coefficient (Wildman–Crippen LogP) is 2.38. The number of amides is 1. The van der Waals surface area contributed by atoms with Gasteiger partial charge >= 0.3 is 5.69 Å². The maximum Gasteiger partial charge on any atom is 0.350 e. The Labute approximate surface area is 152 Å². The Morgan fingerprint density at radius 1 is 1.15 bits per heavy atom. The molecule has 26 heavy (non-hydrogen) atoms. The van der Waals surface area contributed by atoms with Crippen molar-refractivity contribution in [1.29, 1.82) is 0 Å². The van der Waals surface area contributed by atoms with Gasteiger partial charge in [-0.25, -0.2) is 9.48 Å². The molecule has 4 aromatic heterocycles. The lowest BCUT2D eigenvalue weighted by atomic mass is 10.3. The number of carbonyl (C=O) groups excluding carboxylic acids is 1. The quantitative estimate of drug-likeness (QED) is 0.524. The van der Waals surface area contributed by atoms with Crippen LogP contribution >= 0.6 is 11.3 Å². The van der Waals surface area contributed by atoms with Crippen LogP contribution in [0.1, 0.15) is 10.6 Å². The molecular formula is C18H16N4O3S. The lowest BCUT2D eigenvalue weighted by Crippen LogP contribution is -2.35. The zero-order valence-corrected chi connectivity index (χ0v) is 14.6. The van der Waals surface area contributed by atoms with Crippen molar-refractivity contribution in [3.63, 3.8) is 0 Å². The maximum absolute atomic E-state index is 12.9. The summed E-state index contributed by atoms with van der Waals surface area (Å²) >= 11 is 1.58. The highest BCUT2D eigenvalue weighted by atomic mass is 32.1. The first-order valence-electron chi connectivity index (χ1n) is 8.07. The van der Waals surface area contributed by atoms with Gasteiger partial charge in [0.15, 0.2) is 5.65 Å². The van der Waals surface area contributed by atoms with E-state index < -0.39 is 0 Å². The number of hydrogen-bond donors (Lipinski definition) is 0. The zero-order valence-electron chi connectivity index (χ0n) is 13.8. The van der Waals surface area contributed by atoms with Crippen molar-refractivity contribution < 1.29 is 9.21 Å². The molecule has 0 saturated carbocycles. The van der Waals surface area contributed by atoms with E-state index in [1.807, 2.05) is 23.6 Å². The molecule has 0 aliphatic heterocycles. The van der Waals surface area contributed by atoms with E-state index in [9.17, 15) is 9.59 Å². The van der Waals surface area contributed by atoms with Gasteiger partial charge in [-0.2, -0.15) is 0 Å². The minimum Gasteiger partial charge on any atom is -0.467 e. The van der Waals surface area contributed by atoms with Gasteiger partial charge in [0.1, 0.15) is 12.3 Å². The number of aromatic nitrogens is 3. The molecule has 0 atom stereocenters. The van der Waals surface area contributed by atoms with Crippen LogP contribution in [0.25, 0.3) is 5.65 Å². The molecule has 0 aromatic carbocycles. The van der Waals surface area contributed by atoms with Gasteiger partial charge in [-0.15, -0.1) is 16.4 Å². The first-order chi connectivity index (χ1) is 12.7. The van der Waals surface area contributed by atoms with Crippen molar-refractivity contribution >= 4 is 22.9 Å². The van der Waals surface area contributed by atoms with Gasteiger partial charge in [-0.1, -0.05) is 12.1 Å². The van der Waals surface area contributed by atoms with Crippen LogP contribution in [0.2, 0.25) is 0 Å². The summed E-state index contributed by atoms with van der Waals surface area (Å²) in [4.78, 5) is 28.0. The minimum atomic E-state index is -0.331. The fourth-order valence-electron chi connectivity index (χ4n) is 2.71. The Balaban J connectivity index is 1.58. The molecule has 0 N–H and O–H groups in total. The maximum atomic E-state index is 12.9. The highest BCUT2D eigenvalue weighted by Gasteiger charge is 2.19. The Bertz CT molecular complexity index is 1030. The van der Waals surface area contributed by atoms with E-state index in [0.29, 0.717) is 24.5 Å². The Morgan fingerprint density at radius 2 is 2.08 bits per heavy atom. The molecule has 0 fully saturated rings. The van der Waals surface area contributed by atoms with Gasteiger partial charge in [-0.05, 0) is 35.7 Å². The SMILES string of the molecule is O=C(Cn1nc2ccccn2c1=O)N(Cc1ccco1)Cc1cccs1. The van der Waals surface area contributed by atoms with Crippen LogP contribution in [-0.4, -0.2) is 25.0 Å². The fourth-order valence-corrected chi connectivity index (χ4v) is 3.43.